The van der Waals surface area contributed by atoms with E-state index in [1.807, 2.05) is 0 Å². The molecule has 0 heterocycles. The molecule has 134 valence electrons. The standard InChI is InChI=1S/C17H19FN2O4S/c1-12-7-8-13(11-14(12)17(21)19-9-10-24-2)25(22,23)20-16-6-4-3-5-15(16)18/h3-8,11,20H,9-10H2,1-2H3,(H,19,21). The molecule has 0 saturated carbocycles. The second kappa shape index (κ2) is 8.09. The van der Waals surface area contributed by atoms with Crippen LogP contribution in [0.1, 0.15) is 15.9 Å². The molecule has 0 atom stereocenters. The number of ether oxygens (including phenoxy) is 1. The molecule has 0 fully saturated rings. The van der Waals surface area contributed by atoms with Crippen molar-refractivity contribution in [3.8, 4) is 0 Å². The molecular weight excluding hydrogens is 347 g/mol. The first-order chi connectivity index (χ1) is 11.8. The topological polar surface area (TPSA) is 84.5 Å². The normalized spacial score (nSPS) is 11.2. The zero-order valence-electron chi connectivity index (χ0n) is 13.9. The summed E-state index contributed by atoms with van der Waals surface area (Å²) in [5, 5.41) is 2.64. The fourth-order valence-corrected chi connectivity index (χ4v) is 3.22. The van der Waals surface area contributed by atoms with Crippen LogP contribution in [0.5, 0.6) is 0 Å². The Morgan fingerprint density at radius 1 is 1.20 bits per heavy atom. The van der Waals surface area contributed by atoms with Gasteiger partial charge in [-0.05, 0) is 36.8 Å². The summed E-state index contributed by atoms with van der Waals surface area (Å²) in [5.41, 5.74) is 0.696. The molecule has 0 radical (unpaired) electrons. The van der Waals surface area contributed by atoms with Gasteiger partial charge in [-0.25, -0.2) is 12.8 Å². The highest BCUT2D eigenvalue weighted by atomic mass is 32.2. The summed E-state index contributed by atoms with van der Waals surface area (Å²) in [4.78, 5) is 12.1. The number of para-hydroxylation sites is 1. The Kier molecular flexibility index (Phi) is 6.11. The van der Waals surface area contributed by atoms with Crippen molar-refractivity contribution < 1.29 is 22.3 Å². The second-order valence-corrected chi connectivity index (χ2v) is 6.99. The van der Waals surface area contributed by atoms with Crippen molar-refractivity contribution in [3.63, 3.8) is 0 Å². The number of nitrogens with one attached hydrogen (secondary N) is 2. The van der Waals surface area contributed by atoms with Crippen molar-refractivity contribution in [3.05, 3.63) is 59.4 Å². The molecule has 2 aromatic rings. The number of anilines is 1. The Bertz CT molecular complexity index is 869. The van der Waals surface area contributed by atoms with E-state index in [4.69, 9.17) is 4.74 Å². The third kappa shape index (κ3) is 4.77. The Hall–Kier alpha value is -2.45. The Morgan fingerprint density at radius 3 is 2.60 bits per heavy atom. The molecule has 0 saturated heterocycles. The van der Waals surface area contributed by atoms with E-state index in [-0.39, 0.29) is 16.1 Å². The van der Waals surface area contributed by atoms with Gasteiger partial charge in [0.25, 0.3) is 15.9 Å². The van der Waals surface area contributed by atoms with Crippen molar-refractivity contribution in [2.45, 2.75) is 11.8 Å². The van der Waals surface area contributed by atoms with Crippen LogP contribution in [0.15, 0.2) is 47.4 Å². The van der Waals surface area contributed by atoms with Gasteiger partial charge in [0, 0.05) is 19.2 Å². The van der Waals surface area contributed by atoms with Crippen LogP contribution in [0.3, 0.4) is 0 Å². The highest BCUT2D eigenvalue weighted by Crippen LogP contribution is 2.21. The molecule has 8 heteroatoms. The maximum Gasteiger partial charge on any atom is 0.262 e. The molecule has 25 heavy (non-hydrogen) atoms. The lowest BCUT2D eigenvalue weighted by atomic mass is 10.1. The predicted molar refractivity (Wildman–Crippen MR) is 92.6 cm³/mol. The van der Waals surface area contributed by atoms with Gasteiger partial charge in [0.15, 0.2) is 0 Å². The van der Waals surface area contributed by atoms with Gasteiger partial charge >= 0.3 is 0 Å². The minimum Gasteiger partial charge on any atom is -0.383 e. The van der Waals surface area contributed by atoms with Gasteiger partial charge in [0.1, 0.15) is 5.82 Å². The van der Waals surface area contributed by atoms with Crippen molar-refractivity contribution in [1.82, 2.24) is 5.32 Å². The lowest BCUT2D eigenvalue weighted by molar-refractivity contribution is 0.0936. The van der Waals surface area contributed by atoms with Crippen LogP contribution in [-0.2, 0) is 14.8 Å². The smallest absolute Gasteiger partial charge is 0.262 e. The first-order valence-electron chi connectivity index (χ1n) is 7.50. The molecule has 0 aromatic heterocycles. The largest absolute Gasteiger partial charge is 0.383 e. The van der Waals surface area contributed by atoms with Gasteiger partial charge in [0.05, 0.1) is 17.2 Å². The number of methoxy groups -OCH3 is 1. The van der Waals surface area contributed by atoms with Gasteiger partial charge in [-0.15, -0.1) is 0 Å². The monoisotopic (exact) mass is 366 g/mol. The maximum absolute atomic E-state index is 13.7. The van der Waals surface area contributed by atoms with E-state index in [9.17, 15) is 17.6 Å². The van der Waals surface area contributed by atoms with E-state index in [1.165, 1.54) is 43.5 Å². The highest BCUT2D eigenvalue weighted by molar-refractivity contribution is 7.92. The van der Waals surface area contributed by atoms with Crippen molar-refractivity contribution in [2.75, 3.05) is 25.0 Å². The van der Waals surface area contributed by atoms with Crippen LogP contribution in [0.25, 0.3) is 0 Å². The van der Waals surface area contributed by atoms with Gasteiger partial charge in [-0.1, -0.05) is 18.2 Å². The molecule has 2 aromatic carbocycles. The van der Waals surface area contributed by atoms with Crippen molar-refractivity contribution in [1.29, 1.82) is 0 Å². The van der Waals surface area contributed by atoms with Crippen LogP contribution in [-0.4, -0.2) is 34.6 Å². The third-order valence-electron chi connectivity index (χ3n) is 3.47. The highest BCUT2D eigenvalue weighted by Gasteiger charge is 2.19. The summed E-state index contributed by atoms with van der Waals surface area (Å²) in [6.07, 6.45) is 0. The number of aryl methyl sites for hydroxylation is 1. The number of halogens is 1. The number of hydrogen-bond donors (Lipinski definition) is 2. The second-order valence-electron chi connectivity index (χ2n) is 5.31. The zero-order chi connectivity index (χ0) is 18.4. The zero-order valence-corrected chi connectivity index (χ0v) is 14.7. The van der Waals surface area contributed by atoms with Gasteiger partial charge in [-0.3, -0.25) is 9.52 Å². The molecular formula is C17H19FN2O4S. The number of amides is 1. The van der Waals surface area contributed by atoms with Crippen molar-refractivity contribution in [2.24, 2.45) is 0 Å². The Balaban J connectivity index is 2.28. The van der Waals surface area contributed by atoms with Crippen molar-refractivity contribution >= 4 is 21.6 Å². The fourth-order valence-electron chi connectivity index (χ4n) is 2.12. The number of rotatable bonds is 7. The van der Waals surface area contributed by atoms with E-state index in [0.717, 1.165) is 6.07 Å². The van der Waals surface area contributed by atoms with E-state index >= 15 is 0 Å². The van der Waals surface area contributed by atoms with E-state index < -0.39 is 21.7 Å². The molecule has 1 amide bonds. The number of hydrogen-bond acceptors (Lipinski definition) is 4. The van der Waals surface area contributed by atoms with E-state index in [0.29, 0.717) is 18.7 Å². The predicted octanol–water partition coefficient (Wildman–Crippen LogP) is 2.31. The van der Waals surface area contributed by atoms with Gasteiger partial charge in [-0.2, -0.15) is 0 Å². The lowest BCUT2D eigenvalue weighted by Crippen LogP contribution is -2.28. The van der Waals surface area contributed by atoms with E-state index in [2.05, 4.69) is 10.0 Å². The number of carbonyl (C=O) groups excluding carboxylic acids is 1. The number of benzene rings is 2. The number of carbonyl (C=O) groups is 1. The first-order valence-corrected chi connectivity index (χ1v) is 8.98. The number of sulfonamides is 1. The molecule has 0 aliphatic heterocycles. The van der Waals surface area contributed by atoms with Crippen LogP contribution >= 0.6 is 0 Å². The molecule has 0 unspecified atom stereocenters. The average Bonchev–Trinajstić information content (AvgIpc) is 2.57. The van der Waals surface area contributed by atoms with Gasteiger partial charge < -0.3 is 10.1 Å². The maximum atomic E-state index is 13.7. The van der Waals surface area contributed by atoms with Crippen LogP contribution in [0.2, 0.25) is 0 Å². The van der Waals surface area contributed by atoms with Gasteiger partial charge in [0.2, 0.25) is 0 Å². The molecule has 0 aliphatic rings. The Morgan fingerprint density at radius 2 is 1.92 bits per heavy atom. The summed E-state index contributed by atoms with van der Waals surface area (Å²) in [6.45, 7) is 2.35. The average molecular weight is 366 g/mol. The molecule has 6 nitrogen and oxygen atoms in total. The molecule has 2 rings (SSSR count). The molecule has 2 N–H and O–H groups in total. The Labute approximate surface area is 146 Å². The quantitative estimate of drug-likeness (QED) is 0.737. The third-order valence-corrected chi connectivity index (χ3v) is 4.84. The summed E-state index contributed by atoms with van der Waals surface area (Å²) in [7, 11) is -2.52. The summed E-state index contributed by atoms with van der Waals surface area (Å²) < 4.78 is 45.7. The van der Waals surface area contributed by atoms with Crippen LogP contribution in [0, 0.1) is 12.7 Å². The molecule has 0 aliphatic carbocycles. The molecule has 0 bridgehead atoms. The van der Waals surface area contributed by atoms with Crippen LogP contribution in [0.4, 0.5) is 10.1 Å². The lowest BCUT2D eigenvalue weighted by Gasteiger charge is -2.12. The first kappa shape index (κ1) is 18.9. The van der Waals surface area contributed by atoms with Crippen LogP contribution < -0.4 is 10.0 Å². The summed E-state index contributed by atoms with van der Waals surface area (Å²) in [5.74, 6) is -1.09. The summed E-state index contributed by atoms with van der Waals surface area (Å²) >= 11 is 0. The van der Waals surface area contributed by atoms with E-state index in [1.54, 1.807) is 6.92 Å². The minimum atomic E-state index is -4.03. The summed E-state index contributed by atoms with van der Waals surface area (Å²) in [6, 6.07) is 9.61. The SMILES string of the molecule is COCCNC(=O)c1cc(S(=O)(=O)Nc2ccccc2F)ccc1C. The minimum absolute atomic E-state index is 0.127. The molecule has 0 spiro atoms. The fraction of sp³-hybridized carbons (Fsp3) is 0.235.